The van der Waals surface area contributed by atoms with Crippen molar-refractivity contribution in [2.24, 2.45) is 5.90 Å². The predicted molar refractivity (Wildman–Crippen MR) is 71.3 cm³/mol. The van der Waals surface area contributed by atoms with Gasteiger partial charge in [-0.05, 0) is 36.0 Å². The van der Waals surface area contributed by atoms with E-state index in [0.29, 0.717) is 12.7 Å². The van der Waals surface area contributed by atoms with Crippen molar-refractivity contribution in [2.75, 3.05) is 18.1 Å². The van der Waals surface area contributed by atoms with Gasteiger partial charge in [0, 0.05) is 6.42 Å². The normalized spacial score (nSPS) is 17.0. The number of benzene rings is 1. The first-order valence-corrected chi connectivity index (χ1v) is 7.19. The summed E-state index contributed by atoms with van der Waals surface area (Å²) in [5.74, 6) is 8.47. The summed E-state index contributed by atoms with van der Waals surface area (Å²) in [7, 11) is 0. The van der Waals surface area contributed by atoms with Crippen LogP contribution in [0.2, 0.25) is 0 Å². The molecule has 17 heavy (non-hydrogen) atoms. The summed E-state index contributed by atoms with van der Waals surface area (Å²) in [5, 5.41) is 0. The Morgan fingerprint density at radius 1 is 1.24 bits per heavy atom. The van der Waals surface area contributed by atoms with Gasteiger partial charge in [-0.25, -0.2) is 5.90 Å². The summed E-state index contributed by atoms with van der Waals surface area (Å²) in [4.78, 5) is 4.63. The van der Waals surface area contributed by atoms with Gasteiger partial charge in [0.15, 0.2) is 0 Å². The molecular weight excluding hydrogens is 234 g/mol. The summed E-state index contributed by atoms with van der Waals surface area (Å²) in [5.41, 5.74) is 1.18. The van der Waals surface area contributed by atoms with Crippen LogP contribution in [0.5, 0.6) is 5.75 Å². The smallest absolute Gasteiger partial charge is 0.122 e. The van der Waals surface area contributed by atoms with Crippen molar-refractivity contribution < 1.29 is 9.57 Å². The van der Waals surface area contributed by atoms with Gasteiger partial charge in [-0.1, -0.05) is 18.2 Å². The second kappa shape index (κ2) is 6.89. The van der Waals surface area contributed by atoms with Gasteiger partial charge in [-0.2, -0.15) is 11.8 Å². The van der Waals surface area contributed by atoms with Crippen LogP contribution in [0.15, 0.2) is 24.3 Å². The lowest BCUT2D eigenvalue weighted by atomic mass is 10.1. The predicted octanol–water partition coefficient (Wildman–Crippen LogP) is 2.39. The van der Waals surface area contributed by atoms with Crippen molar-refractivity contribution in [3.8, 4) is 5.75 Å². The molecule has 0 aromatic heterocycles. The lowest BCUT2D eigenvalue weighted by Crippen LogP contribution is -2.22. The molecule has 1 aliphatic rings. The van der Waals surface area contributed by atoms with Gasteiger partial charge in [0.25, 0.3) is 0 Å². The molecule has 1 aromatic rings. The van der Waals surface area contributed by atoms with Gasteiger partial charge in [0.1, 0.15) is 11.9 Å². The molecule has 0 saturated carbocycles. The Morgan fingerprint density at radius 2 is 2.00 bits per heavy atom. The quantitative estimate of drug-likeness (QED) is 0.818. The number of rotatable bonds is 5. The Hall–Kier alpha value is -0.710. The van der Waals surface area contributed by atoms with E-state index in [1.165, 1.54) is 17.1 Å². The molecule has 0 spiro atoms. The molecular formula is C13H19NO2S. The molecule has 1 aliphatic heterocycles. The van der Waals surface area contributed by atoms with Crippen LogP contribution in [0.1, 0.15) is 18.4 Å². The minimum atomic E-state index is 0.371. The first-order valence-electron chi connectivity index (χ1n) is 6.04. The van der Waals surface area contributed by atoms with Gasteiger partial charge in [0.05, 0.1) is 6.61 Å². The Balaban J connectivity index is 1.98. The van der Waals surface area contributed by atoms with E-state index in [9.17, 15) is 0 Å². The number of para-hydroxylation sites is 1. The molecule has 0 unspecified atom stereocenters. The van der Waals surface area contributed by atoms with Crippen molar-refractivity contribution >= 4 is 11.8 Å². The number of hydrogen-bond donors (Lipinski definition) is 1. The number of ether oxygens (including phenoxy) is 1. The van der Waals surface area contributed by atoms with E-state index in [4.69, 9.17) is 10.6 Å². The molecule has 3 nitrogen and oxygen atoms in total. The fourth-order valence-corrected chi connectivity index (χ4v) is 3.03. The third-order valence-corrected chi connectivity index (χ3v) is 3.97. The monoisotopic (exact) mass is 253 g/mol. The molecule has 2 rings (SSSR count). The average Bonchev–Trinajstić information content (AvgIpc) is 2.39. The van der Waals surface area contributed by atoms with E-state index in [1.807, 2.05) is 30.0 Å². The van der Waals surface area contributed by atoms with Crippen LogP contribution >= 0.6 is 11.8 Å². The average molecular weight is 253 g/mol. The summed E-state index contributed by atoms with van der Waals surface area (Å²) >= 11 is 2.01. The zero-order valence-electron chi connectivity index (χ0n) is 9.93. The van der Waals surface area contributed by atoms with E-state index in [0.717, 1.165) is 25.0 Å². The van der Waals surface area contributed by atoms with Gasteiger partial charge in [-0.3, -0.25) is 0 Å². The minimum absolute atomic E-state index is 0.371. The fourth-order valence-electron chi connectivity index (χ4n) is 1.97. The van der Waals surface area contributed by atoms with Gasteiger partial charge >= 0.3 is 0 Å². The highest BCUT2D eigenvalue weighted by molar-refractivity contribution is 7.99. The lowest BCUT2D eigenvalue weighted by Gasteiger charge is -2.24. The second-order valence-electron chi connectivity index (χ2n) is 4.16. The Labute approximate surface area is 107 Å². The van der Waals surface area contributed by atoms with E-state index in [2.05, 4.69) is 10.9 Å². The van der Waals surface area contributed by atoms with Crippen molar-refractivity contribution in [3.63, 3.8) is 0 Å². The fraction of sp³-hybridized carbons (Fsp3) is 0.538. The molecule has 4 heteroatoms. The summed E-state index contributed by atoms with van der Waals surface area (Å²) in [6, 6.07) is 8.15. The molecule has 0 atom stereocenters. The third-order valence-electron chi connectivity index (χ3n) is 2.92. The zero-order valence-corrected chi connectivity index (χ0v) is 10.7. The van der Waals surface area contributed by atoms with Gasteiger partial charge in [-0.15, -0.1) is 0 Å². The van der Waals surface area contributed by atoms with E-state index < -0.39 is 0 Å². The van der Waals surface area contributed by atoms with Gasteiger partial charge < -0.3 is 9.57 Å². The Kier molecular flexibility index (Phi) is 5.16. The number of nitrogens with two attached hydrogens (primary N) is 1. The number of hydrogen-bond acceptors (Lipinski definition) is 4. The van der Waals surface area contributed by atoms with Crippen molar-refractivity contribution in [2.45, 2.75) is 25.4 Å². The van der Waals surface area contributed by atoms with Crippen LogP contribution in [0.25, 0.3) is 0 Å². The summed E-state index contributed by atoms with van der Waals surface area (Å²) in [6.45, 7) is 0.529. The first-order chi connectivity index (χ1) is 8.40. The SMILES string of the molecule is NOCCc1ccccc1OC1CCSCC1. The summed E-state index contributed by atoms with van der Waals surface area (Å²) in [6.07, 6.45) is 3.46. The van der Waals surface area contributed by atoms with E-state index in [-0.39, 0.29) is 0 Å². The molecule has 94 valence electrons. The topological polar surface area (TPSA) is 44.5 Å². The molecule has 1 heterocycles. The highest BCUT2D eigenvalue weighted by Gasteiger charge is 2.16. The van der Waals surface area contributed by atoms with Crippen LogP contribution in [0.4, 0.5) is 0 Å². The van der Waals surface area contributed by atoms with Crippen molar-refractivity contribution in [3.05, 3.63) is 29.8 Å². The van der Waals surface area contributed by atoms with Gasteiger partial charge in [0.2, 0.25) is 0 Å². The van der Waals surface area contributed by atoms with Crippen molar-refractivity contribution in [1.29, 1.82) is 0 Å². The van der Waals surface area contributed by atoms with E-state index in [1.54, 1.807) is 0 Å². The molecule has 1 fully saturated rings. The highest BCUT2D eigenvalue weighted by atomic mass is 32.2. The first kappa shape index (κ1) is 12.7. The molecule has 0 radical (unpaired) electrons. The lowest BCUT2D eigenvalue weighted by molar-refractivity contribution is 0.139. The maximum Gasteiger partial charge on any atom is 0.122 e. The van der Waals surface area contributed by atoms with E-state index >= 15 is 0 Å². The Bertz CT molecular complexity index is 340. The van der Waals surface area contributed by atoms with Crippen LogP contribution < -0.4 is 10.6 Å². The summed E-state index contributed by atoms with van der Waals surface area (Å²) < 4.78 is 6.07. The standard InChI is InChI=1S/C13H19NO2S/c14-15-8-5-11-3-1-2-4-13(11)16-12-6-9-17-10-7-12/h1-4,12H,5-10,14H2. The van der Waals surface area contributed by atoms with Crippen LogP contribution in [-0.2, 0) is 11.3 Å². The largest absolute Gasteiger partial charge is 0.490 e. The Morgan fingerprint density at radius 3 is 2.76 bits per heavy atom. The maximum absolute atomic E-state index is 6.07. The molecule has 0 amide bonds. The molecule has 1 aromatic carbocycles. The van der Waals surface area contributed by atoms with Crippen LogP contribution in [-0.4, -0.2) is 24.2 Å². The molecule has 0 bridgehead atoms. The number of thioether (sulfide) groups is 1. The molecule has 1 saturated heterocycles. The minimum Gasteiger partial charge on any atom is -0.490 e. The van der Waals surface area contributed by atoms with Crippen molar-refractivity contribution in [1.82, 2.24) is 0 Å². The highest BCUT2D eigenvalue weighted by Crippen LogP contribution is 2.25. The second-order valence-corrected chi connectivity index (χ2v) is 5.38. The molecule has 0 aliphatic carbocycles. The molecule has 2 N–H and O–H groups in total. The zero-order chi connectivity index (χ0) is 11.9. The van der Waals surface area contributed by atoms with Crippen LogP contribution in [0.3, 0.4) is 0 Å². The third kappa shape index (κ3) is 3.91. The van der Waals surface area contributed by atoms with Crippen LogP contribution in [0, 0.1) is 0 Å². The maximum atomic E-state index is 6.07.